The normalized spacial score (nSPS) is 11.4. The lowest BCUT2D eigenvalue weighted by Gasteiger charge is -2.22. The molecular weight excluding hydrogens is 206 g/mol. The molecule has 1 rings (SSSR count). The predicted molar refractivity (Wildman–Crippen MR) is 65.3 cm³/mol. The van der Waals surface area contributed by atoms with E-state index in [-0.39, 0.29) is 5.91 Å². The summed E-state index contributed by atoms with van der Waals surface area (Å²) in [5.41, 5.74) is -0.401. The fraction of sp³-hybridized carbons (Fsp3) is 0.583. The number of carbonyl (C=O) groups excluding carboxylic acids is 1. The second-order valence-corrected chi connectivity index (χ2v) is 5.16. The van der Waals surface area contributed by atoms with Crippen LogP contribution in [0.1, 0.15) is 38.5 Å². The highest BCUT2D eigenvalue weighted by Crippen LogP contribution is 2.27. The predicted octanol–water partition coefficient (Wildman–Crippen LogP) is 2.94. The first-order chi connectivity index (χ1) is 7.09. The summed E-state index contributed by atoms with van der Waals surface area (Å²) in [6.07, 6.45) is 2.16. The van der Waals surface area contributed by atoms with Gasteiger partial charge >= 0.3 is 0 Å². The molecule has 0 aliphatic carbocycles. The van der Waals surface area contributed by atoms with Crippen LogP contribution in [-0.2, 0) is 10.2 Å². The van der Waals surface area contributed by atoms with Crippen molar-refractivity contribution in [1.82, 2.24) is 5.32 Å². The van der Waals surface area contributed by atoms with Crippen molar-refractivity contribution >= 4 is 17.2 Å². The van der Waals surface area contributed by atoms with E-state index in [4.69, 9.17) is 0 Å². The van der Waals surface area contributed by atoms with E-state index in [0.29, 0.717) is 0 Å². The highest BCUT2D eigenvalue weighted by atomic mass is 32.1. The zero-order chi connectivity index (χ0) is 11.3. The van der Waals surface area contributed by atoms with Gasteiger partial charge in [0.15, 0.2) is 0 Å². The Balaban J connectivity index is 2.58. The molecule has 3 heteroatoms. The van der Waals surface area contributed by atoms with Crippen molar-refractivity contribution in [1.29, 1.82) is 0 Å². The smallest absolute Gasteiger partial charge is 0.230 e. The van der Waals surface area contributed by atoms with Crippen molar-refractivity contribution in [2.24, 2.45) is 0 Å². The molecule has 1 heterocycles. The average molecular weight is 225 g/mol. The molecule has 1 N–H and O–H groups in total. The number of hydrogen-bond donors (Lipinski definition) is 1. The molecule has 0 radical (unpaired) electrons. The maximum absolute atomic E-state index is 11.9. The van der Waals surface area contributed by atoms with Crippen LogP contribution in [0.3, 0.4) is 0 Å². The molecule has 2 nitrogen and oxygen atoms in total. The van der Waals surface area contributed by atoms with Crippen molar-refractivity contribution < 1.29 is 4.79 Å². The molecule has 0 bridgehead atoms. The SMILES string of the molecule is CCCCNC(=O)C(C)(C)c1cccs1. The first kappa shape index (κ1) is 12.2. The zero-order valence-corrected chi connectivity index (χ0v) is 10.5. The molecule has 0 aliphatic heterocycles. The van der Waals surface area contributed by atoms with Gasteiger partial charge in [-0.05, 0) is 31.7 Å². The summed E-state index contributed by atoms with van der Waals surface area (Å²) in [6.45, 7) is 6.85. The Morgan fingerprint density at radius 3 is 2.80 bits per heavy atom. The number of hydrogen-bond acceptors (Lipinski definition) is 2. The molecule has 0 spiro atoms. The minimum absolute atomic E-state index is 0.124. The van der Waals surface area contributed by atoms with E-state index in [1.54, 1.807) is 11.3 Å². The van der Waals surface area contributed by atoms with Gasteiger partial charge in [-0.3, -0.25) is 4.79 Å². The van der Waals surface area contributed by atoms with E-state index in [2.05, 4.69) is 12.2 Å². The first-order valence-corrected chi connectivity index (χ1v) is 6.29. The molecule has 0 atom stereocenters. The monoisotopic (exact) mass is 225 g/mol. The number of carbonyl (C=O) groups is 1. The van der Waals surface area contributed by atoms with E-state index in [9.17, 15) is 4.79 Å². The van der Waals surface area contributed by atoms with Gasteiger partial charge in [0, 0.05) is 11.4 Å². The maximum Gasteiger partial charge on any atom is 0.230 e. The number of rotatable bonds is 5. The van der Waals surface area contributed by atoms with Crippen LogP contribution >= 0.6 is 11.3 Å². The van der Waals surface area contributed by atoms with Crippen LogP contribution in [0.4, 0.5) is 0 Å². The van der Waals surface area contributed by atoms with E-state index in [1.807, 2.05) is 31.4 Å². The minimum atomic E-state index is -0.401. The Bertz CT molecular complexity index is 303. The van der Waals surface area contributed by atoms with Crippen molar-refractivity contribution in [3.8, 4) is 0 Å². The quantitative estimate of drug-likeness (QED) is 0.767. The Kier molecular flexibility index (Phi) is 4.33. The van der Waals surface area contributed by atoms with Gasteiger partial charge in [-0.2, -0.15) is 0 Å². The van der Waals surface area contributed by atoms with Gasteiger partial charge in [0.2, 0.25) is 5.91 Å². The third-order valence-electron chi connectivity index (χ3n) is 2.52. The molecule has 15 heavy (non-hydrogen) atoms. The molecule has 0 unspecified atom stereocenters. The van der Waals surface area contributed by atoms with Gasteiger partial charge in [0.25, 0.3) is 0 Å². The molecule has 1 aromatic heterocycles. The fourth-order valence-corrected chi connectivity index (χ4v) is 2.19. The van der Waals surface area contributed by atoms with Crippen LogP contribution in [0, 0.1) is 0 Å². The summed E-state index contributed by atoms with van der Waals surface area (Å²) in [6, 6.07) is 4.01. The maximum atomic E-state index is 11.9. The summed E-state index contributed by atoms with van der Waals surface area (Å²) in [7, 11) is 0. The summed E-state index contributed by atoms with van der Waals surface area (Å²) in [4.78, 5) is 13.1. The minimum Gasteiger partial charge on any atom is -0.355 e. The van der Waals surface area contributed by atoms with Gasteiger partial charge in [0.1, 0.15) is 0 Å². The average Bonchev–Trinajstić information content (AvgIpc) is 2.71. The van der Waals surface area contributed by atoms with Crippen LogP contribution in [0.2, 0.25) is 0 Å². The largest absolute Gasteiger partial charge is 0.355 e. The number of amides is 1. The summed E-state index contributed by atoms with van der Waals surface area (Å²) in [5, 5.41) is 4.99. The molecule has 1 amide bonds. The van der Waals surface area contributed by atoms with Gasteiger partial charge < -0.3 is 5.32 Å². The van der Waals surface area contributed by atoms with Crippen molar-refractivity contribution in [3.63, 3.8) is 0 Å². The van der Waals surface area contributed by atoms with Gasteiger partial charge in [-0.1, -0.05) is 19.4 Å². The van der Waals surface area contributed by atoms with Crippen LogP contribution in [-0.4, -0.2) is 12.5 Å². The Labute approximate surface area is 95.7 Å². The molecule has 84 valence electrons. The Morgan fingerprint density at radius 2 is 2.27 bits per heavy atom. The lowest BCUT2D eigenvalue weighted by atomic mass is 9.90. The summed E-state index contributed by atoms with van der Waals surface area (Å²) < 4.78 is 0. The van der Waals surface area contributed by atoms with Gasteiger partial charge in [-0.25, -0.2) is 0 Å². The molecule has 0 saturated heterocycles. The number of unbranched alkanes of at least 4 members (excludes halogenated alkanes) is 1. The topological polar surface area (TPSA) is 29.1 Å². The van der Waals surface area contributed by atoms with Crippen LogP contribution in [0.15, 0.2) is 17.5 Å². The first-order valence-electron chi connectivity index (χ1n) is 5.41. The van der Waals surface area contributed by atoms with Crippen molar-refractivity contribution in [3.05, 3.63) is 22.4 Å². The van der Waals surface area contributed by atoms with Crippen LogP contribution in [0.5, 0.6) is 0 Å². The van der Waals surface area contributed by atoms with Gasteiger partial charge in [-0.15, -0.1) is 11.3 Å². The molecule has 0 saturated carbocycles. The molecule has 0 aliphatic rings. The summed E-state index contributed by atoms with van der Waals surface area (Å²) in [5.74, 6) is 0.124. The standard InChI is InChI=1S/C12H19NOS/c1-4-5-8-13-11(14)12(2,3)10-7-6-9-15-10/h6-7,9H,4-5,8H2,1-3H3,(H,13,14). The third kappa shape index (κ3) is 3.06. The second-order valence-electron chi connectivity index (χ2n) is 4.21. The zero-order valence-electron chi connectivity index (χ0n) is 9.67. The van der Waals surface area contributed by atoms with Crippen LogP contribution < -0.4 is 5.32 Å². The Hall–Kier alpha value is -0.830. The van der Waals surface area contributed by atoms with E-state index in [1.165, 1.54) is 0 Å². The Morgan fingerprint density at radius 1 is 1.53 bits per heavy atom. The van der Waals surface area contributed by atoms with Crippen LogP contribution in [0.25, 0.3) is 0 Å². The molecular formula is C12H19NOS. The number of nitrogens with one attached hydrogen (secondary N) is 1. The van der Waals surface area contributed by atoms with Crippen molar-refractivity contribution in [2.45, 2.75) is 39.0 Å². The molecule has 1 aromatic rings. The lowest BCUT2D eigenvalue weighted by Crippen LogP contribution is -2.39. The molecule has 0 fully saturated rings. The fourth-order valence-electron chi connectivity index (χ4n) is 1.35. The van der Waals surface area contributed by atoms with E-state index < -0.39 is 5.41 Å². The lowest BCUT2D eigenvalue weighted by molar-refractivity contribution is -0.125. The van der Waals surface area contributed by atoms with E-state index >= 15 is 0 Å². The van der Waals surface area contributed by atoms with E-state index in [0.717, 1.165) is 24.3 Å². The number of thiophene rings is 1. The second kappa shape index (κ2) is 5.31. The highest BCUT2D eigenvalue weighted by Gasteiger charge is 2.30. The molecule has 0 aromatic carbocycles. The third-order valence-corrected chi connectivity index (χ3v) is 3.71. The summed E-state index contributed by atoms with van der Waals surface area (Å²) >= 11 is 1.64. The highest BCUT2D eigenvalue weighted by molar-refractivity contribution is 7.10. The van der Waals surface area contributed by atoms with Gasteiger partial charge in [0.05, 0.1) is 5.41 Å². The van der Waals surface area contributed by atoms with Crippen molar-refractivity contribution in [2.75, 3.05) is 6.54 Å².